The van der Waals surface area contributed by atoms with E-state index in [1.807, 2.05) is 24.3 Å². The van der Waals surface area contributed by atoms with Gasteiger partial charge in [-0.2, -0.15) is 0 Å². The molecule has 0 spiro atoms. The molecular formula is C11H14N4. The summed E-state index contributed by atoms with van der Waals surface area (Å²) in [6.45, 7) is 2.12. The molecule has 0 bridgehead atoms. The highest BCUT2D eigenvalue weighted by Gasteiger charge is 2.15. The molecule has 2 aromatic rings. The van der Waals surface area contributed by atoms with Crippen LogP contribution in [0.3, 0.4) is 0 Å². The number of benzene rings is 1. The fourth-order valence-electron chi connectivity index (χ4n) is 1.99. The van der Waals surface area contributed by atoms with E-state index in [9.17, 15) is 0 Å². The van der Waals surface area contributed by atoms with E-state index in [0.717, 1.165) is 36.5 Å². The van der Waals surface area contributed by atoms with E-state index in [1.54, 1.807) is 0 Å². The summed E-state index contributed by atoms with van der Waals surface area (Å²) in [7, 11) is 0. The second kappa shape index (κ2) is 3.55. The average molecular weight is 202 g/mol. The van der Waals surface area contributed by atoms with E-state index < -0.39 is 0 Å². The predicted molar refractivity (Wildman–Crippen MR) is 61.0 cm³/mol. The number of hydrogen-bond acceptors (Lipinski definition) is 3. The van der Waals surface area contributed by atoms with Crippen LogP contribution in [0, 0.1) is 0 Å². The zero-order chi connectivity index (χ0) is 10.1. The number of hydrogen-bond donors (Lipinski definition) is 3. The molecular weight excluding hydrogens is 188 g/mol. The SMILES string of the molecule is c1ccc2[nH]c(NC3CCNC3)nc2c1. The molecule has 78 valence electrons. The number of aromatic nitrogens is 2. The molecule has 1 aliphatic heterocycles. The number of imidazole rings is 1. The van der Waals surface area contributed by atoms with Crippen LogP contribution in [-0.2, 0) is 0 Å². The largest absolute Gasteiger partial charge is 0.352 e. The van der Waals surface area contributed by atoms with Gasteiger partial charge < -0.3 is 15.6 Å². The molecule has 0 saturated carbocycles. The van der Waals surface area contributed by atoms with E-state index >= 15 is 0 Å². The average Bonchev–Trinajstić information content (AvgIpc) is 2.86. The van der Waals surface area contributed by atoms with E-state index in [0.29, 0.717) is 6.04 Å². The molecule has 1 unspecified atom stereocenters. The Morgan fingerprint density at radius 2 is 2.27 bits per heavy atom. The summed E-state index contributed by atoms with van der Waals surface area (Å²) in [4.78, 5) is 7.75. The summed E-state index contributed by atoms with van der Waals surface area (Å²) in [6.07, 6.45) is 1.16. The number of rotatable bonds is 2. The summed E-state index contributed by atoms with van der Waals surface area (Å²) in [6, 6.07) is 8.58. The van der Waals surface area contributed by atoms with Crippen LogP contribution in [-0.4, -0.2) is 29.1 Å². The summed E-state index contributed by atoms with van der Waals surface area (Å²) < 4.78 is 0. The van der Waals surface area contributed by atoms with Gasteiger partial charge in [-0.1, -0.05) is 12.1 Å². The first-order chi connectivity index (χ1) is 7.42. The first-order valence-corrected chi connectivity index (χ1v) is 5.34. The number of anilines is 1. The molecule has 1 aromatic heterocycles. The fourth-order valence-corrected chi connectivity index (χ4v) is 1.99. The molecule has 1 atom stereocenters. The van der Waals surface area contributed by atoms with Crippen molar-refractivity contribution in [3.63, 3.8) is 0 Å². The zero-order valence-electron chi connectivity index (χ0n) is 8.46. The van der Waals surface area contributed by atoms with Gasteiger partial charge in [0.15, 0.2) is 0 Å². The van der Waals surface area contributed by atoms with Gasteiger partial charge in [-0.05, 0) is 25.1 Å². The maximum atomic E-state index is 4.48. The molecule has 1 aliphatic rings. The third kappa shape index (κ3) is 1.68. The first-order valence-electron chi connectivity index (χ1n) is 5.34. The van der Waals surface area contributed by atoms with Gasteiger partial charge in [0.1, 0.15) is 0 Å². The minimum Gasteiger partial charge on any atom is -0.352 e. The molecule has 0 radical (unpaired) electrons. The lowest BCUT2D eigenvalue weighted by Gasteiger charge is -2.08. The number of nitrogens with zero attached hydrogens (tertiary/aromatic N) is 1. The van der Waals surface area contributed by atoms with Gasteiger partial charge in [0.05, 0.1) is 11.0 Å². The number of fused-ring (bicyclic) bond motifs is 1. The van der Waals surface area contributed by atoms with Crippen LogP contribution in [0.5, 0.6) is 0 Å². The van der Waals surface area contributed by atoms with Crippen molar-refractivity contribution in [1.29, 1.82) is 0 Å². The van der Waals surface area contributed by atoms with Crippen molar-refractivity contribution < 1.29 is 0 Å². The second-order valence-electron chi connectivity index (χ2n) is 3.94. The molecule has 1 fully saturated rings. The van der Waals surface area contributed by atoms with Crippen molar-refractivity contribution >= 4 is 17.0 Å². The van der Waals surface area contributed by atoms with Crippen molar-refractivity contribution in [3.8, 4) is 0 Å². The zero-order valence-corrected chi connectivity index (χ0v) is 8.46. The van der Waals surface area contributed by atoms with Gasteiger partial charge in [0, 0.05) is 12.6 Å². The first kappa shape index (κ1) is 8.73. The van der Waals surface area contributed by atoms with Crippen molar-refractivity contribution in [3.05, 3.63) is 24.3 Å². The van der Waals surface area contributed by atoms with Crippen molar-refractivity contribution in [1.82, 2.24) is 15.3 Å². The minimum atomic E-state index is 0.505. The van der Waals surface area contributed by atoms with Gasteiger partial charge in [-0.3, -0.25) is 0 Å². The third-order valence-corrected chi connectivity index (χ3v) is 2.79. The summed E-state index contributed by atoms with van der Waals surface area (Å²) >= 11 is 0. The minimum absolute atomic E-state index is 0.505. The normalized spacial score (nSPS) is 20.9. The van der Waals surface area contributed by atoms with Gasteiger partial charge in [0.2, 0.25) is 5.95 Å². The number of H-pyrrole nitrogens is 1. The molecule has 2 heterocycles. The van der Waals surface area contributed by atoms with Gasteiger partial charge in [-0.25, -0.2) is 4.98 Å². The highest BCUT2D eigenvalue weighted by Crippen LogP contribution is 2.14. The van der Waals surface area contributed by atoms with Gasteiger partial charge >= 0.3 is 0 Å². The van der Waals surface area contributed by atoms with Crippen molar-refractivity contribution in [2.24, 2.45) is 0 Å². The Hall–Kier alpha value is -1.55. The molecule has 4 heteroatoms. The summed E-state index contributed by atoms with van der Waals surface area (Å²) in [5.74, 6) is 0.880. The molecule has 15 heavy (non-hydrogen) atoms. The maximum absolute atomic E-state index is 4.48. The quantitative estimate of drug-likeness (QED) is 0.688. The smallest absolute Gasteiger partial charge is 0.201 e. The Labute approximate surface area is 88.1 Å². The van der Waals surface area contributed by atoms with Crippen molar-refractivity contribution in [2.75, 3.05) is 18.4 Å². The van der Waals surface area contributed by atoms with E-state index in [-0.39, 0.29) is 0 Å². The number of aromatic amines is 1. The monoisotopic (exact) mass is 202 g/mol. The highest BCUT2D eigenvalue weighted by molar-refractivity contribution is 5.77. The molecule has 4 nitrogen and oxygen atoms in total. The molecule has 1 saturated heterocycles. The van der Waals surface area contributed by atoms with Crippen LogP contribution < -0.4 is 10.6 Å². The van der Waals surface area contributed by atoms with Gasteiger partial charge in [-0.15, -0.1) is 0 Å². The maximum Gasteiger partial charge on any atom is 0.201 e. The van der Waals surface area contributed by atoms with Crippen LogP contribution in [0.1, 0.15) is 6.42 Å². The lowest BCUT2D eigenvalue weighted by Crippen LogP contribution is -2.22. The molecule has 0 amide bonds. The Kier molecular flexibility index (Phi) is 2.07. The fraction of sp³-hybridized carbons (Fsp3) is 0.364. The second-order valence-corrected chi connectivity index (χ2v) is 3.94. The standard InChI is InChI=1S/C11H14N4/c1-2-4-10-9(3-1)14-11(15-10)13-8-5-6-12-7-8/h1-4,8,12H,5-7H2,(H2,13,14,15). The lowest BCUT2D eigenvalue weighted by atomic mass is 10.3. The van der Waals surface area contributed by atoms with Crippen molar-refractivity contribution in [2.45, 2.75) is 12.5 Å². The van der Waals surface area contributed by atoms with Crippen LogP contribution in [0.4, 0.5) is 5.95 Å². The van der Waals surface area contributed by atoms with Crippen LogP contribution in [0.25, 0.3) is 11.0 Å². The van der Waals surface area contributed by atoms with E-state index in [2.05, 4.69) is 20.6 Å². The Morgan fingerprint density at radius 3 is 3.07 bits per heavy atom. The summed E-state index contributed by atoms with van der Waals surface area (Å²) in [5, 5.41) is 6.72. The molecule has 0 aliphatic carbocycles. The van der Waals surface area contributed by atoms with Crippen LogP contribution in [0.2, 0.25) is 0 Å². The number of para-hydroxylation sites is 2. The Balaban J connectivity index is 1.84. The van der Waals surface area contributed by atoms with Crippen LogP contribution >= 0.6 is 0 Å². The molecule has 1 aromatic carbocycles. The predicted octanol–water partition coefficient (Wildman–Crippen LogP) is 1.34. The lowest BCUT2D eigenvalue weighted by molar-refractivity contribution is 0.784. The topological polar surface area (TPSA) is 52.7 Å². The van der Waals surface area contributed by atoms with E-state index in [4.69, 9.17) is 0 Å². The Morgan fingerprint density at radius 1 is 1.33 bits per heavy atom. The number of nitrogens with one attached hydrogen (secondary N) is 3. The molecule has 3 rings (SSSR count). The highest BCUT2D eigenvalue weighted by atomic mass is 15.2. The third-order valence-electron chi connectivity index (χ3n) is 2.79. The summed E-state index contributed by atoms with van der Waals surface area (Å²) in [5.41, 5.74) is 2.11. The van der Waals surface area contributed by atoms with Gasteiger partial charge in [0.25, 0.3) is 0 Å². The van der Waals surface area contributed by atoms with Crippen LogP contribution in [0.15, 0.2) is 24.3 Å². The molecule has 3 N–H and O–H groups in total. The van der Waals surface area contributed by atoms with E-state index in [1.165, 1.54) is 0 Å². The Bertz CT molecular complexity index is 423.